The molecule has 14 heavy (non-hydrogen) atoms. The third kappa shape index (κ3) is 2.76. The van der Waals surface area contributed by atoms with E-state index in [4.69, 9.17) is 0 Å². The van der Waals surface area contributed by atoms with E-state index in [1.165, 1.54) is 0 Å². The molecule has 5 heteroatoms. The molecule has 76 valence electrons. The van der Waals surface area contributed by atoms with E-state index in [9.17, 15) is 13.6 Å². The summed E-state index contributed by atoms with van der Waals surface area (Å²) in [7, 11) is 0. The molecule has 0 aliphatic heterocycles. The molecule has 0 fully saturated rings. The zero-order chi connectivity index (χ0) is 10.6. The lowest BCUT2D eigenvalue weighted by Crippen LogP contribution is -2.12. The SMILES string of the molecule is CCCC(=O)Nc1ccc(F)nc1F. The van der Waals surface area contributed by atoms with Gasteiger partial charge < -0.3 is 5.32 Å². The number of carbonyl (C=O) groups is 1. The molecule has 0 saturated carbocycles. The van der Waals surface area contributed by atoms with Gasteiger partial charge in [-0.05, 0) is 18.6 Å². The van der Waals surface area contributed by atoms with Crippen molar-refractivity contribution in [1.29, 1.82) is 0 Å². The van der Waals surface area contributed by atoms with Crippen LogP contribution in [-0.2, 0) is 4.79 Å². The van der Waals surface area contributed by atoms with Crippen molar-refractivity contribution in [1.82, 2.24) is 4.98 Å². The van der Waals surface area contributed by atoms with Crippen LogP contribution in [0.5, 0.6) is 0 Å². The summed E-state index contributed by atoms with van der Waals surface area (Å²) in [5, 5.41) is 2.30. The second-order valence-electron chi connectivity index (χ2n) is 2.77. The van der Waals surface area contributed by atoms with Crippen molar-refractivity contribution in [2.24, 2.45) is 0 Å². The van der Waals surface area contributed by atoms with Crippen LogP contribution in [0.3, 0.4) is 0 Å². The van der Waals surface area contributed by atoms with Crippen molar-refractivity contribution >= 4 is 11.6 Å². The van der Waals surface area contributed by atoms with E-state index in [-0.39, 0.29) is 11.6 Å². The normalized spacial score (nSPS) is 9.93. The second kappa shape index (κ2) is 4.64. The Kier molecular flexibility index (Phi) is 3.50. The number of amides is 1. The second-order valence-corrected chi connectivity index (χ2v) is 2.77. The number of carbonyl (C=O) groups excluding carboxylic acids is 1. The fourth-order valence-corrected chi connectivity index (χ4v) is 0.945. The summed E-state index contributed by atoms with van der Waals surface area (Å²) in [5.74, 6) is -2.22. The molecule has 0 saturated heterocycles. The predicted octanol–water partition coefficient (Wildman–Crippen LogP) is 2.10. The predicted molar refractivity (Wildman–Crippen MR) is 47.7 cm³/mol. The monoisotopic (exact) mass is 200 g/mol. The Morgan fingerprint density at radius 2 is 2.21 bits per heavy atom. The van der Waals surface area contributed by atoms with Crippen molar-refractivity contribution in [3.8, 4) is 0 Å². The molecule has 0 atom stereocenters. The lowest BCUT2D eigenvalue weighted by molar-refractivity contribution is -0.116. The summed E-state index contributed by atoms with van der Waals surface area (Å²) in [6.45, 7) is 1.83. The van der Waals surface area contributed by atoms with Crippen LogP contribution in [0.2, 0.25) is 0 Å². The number of aromatic nitrogens is 1. The molecule has 3 nitrogen and oxygen atoms in total. The van der Waals surface area contributed by atoms with Crippen LogP contribution >= 0.6 is 0 Å². The van der Waals surface area contributed by atoms with Gasteiger partial charge in [-0.1, -0.05) is 6.92 Å². The Morgan fingerprint density at radius 3 is 2.79 bits per heavy atom. The van der Waals surface area contributed by atoms with Crippen LogP contribution in [0, 0.1) is 11.9 Å². The van der Waals surface area contributed by atoms with Gasteiger partial charge in [-0.2, -0.15) is 13.8 Å². The Morgan fingerprint density at radius 1 is 1.50 bits per heavy atom. The van der Waals surface area contributed by atoms with Crippen molar-refractivity contribution in [2.45, 2.75) is 19.8 Å². The minimum Gasteiger partial charge on any atom is -0.322 e. The molecular formula is C9H10F2N2O. The number of hydrogen-bond donors (Lipinski definition) is 1. The Balaban J connectivity index is 2.72. The third-order valence-electron chi connectivity index (χ3n) is 1.57. The number of anilines is 1. The summed E-state index contributed by atoms with van der Waals surface area (Å²) in [5.41, 5.74) is -0.0927. The smallest absolute Gasteiger partial charge is 0.239 e. The van der Waals surface area contributed by atoms with Crippen LogP contribution < -0.4 is 5.32 Å². The van der Waals surface area contributed by atoms with Gasteiger partial charge in [0.15, 0.2) is 0 Å². The quantitative estimate of drug-likeness (QED) is 0.759. The molecule has 0 spiro atoms. The number of pyridine rings is 1. The molecule has 0 unspecified atom stereocenters. The standard InChI is InChI=1S/C9H10F2N2O/c1-2-3-8(14)12-6-4-5-7(10)13-9(6)11/h4-5H,2-3H2,1H3,(H,12,14). The van der Waals surface area contributed by atoms with E-state index in [1.54, 1.807) is 0 Å². The average molecular weight is 200 g/mol. The highest BCUT2D eigenvalue weighted by atomic mass is 19.1. The van der Waals surface area contributed by atoms with Gasteiger partial charge >= 0.3 is 0 Å². The fourth-order valence-electron chi connectivity index (χ4n) is 0.945. The van der Waals surface area contributed by atoms with E-state index in [0.29, 0.717) is 12.8 Å². The average Bonchev–Trinajstić information content (AvgIpc) is 2.10. The van der Waals surface area contributed by atoms with E-state index < -0.39 is 11.9 Å². The maximum atomic E-state index is 12.9. The number of rotatable bonds is 3. The third-order valence-corrected chi connectivity index (χ3v) is 1.57. The molecule has 1 aromatic heterocycles. The maximum Gasteiger partial charge on any atom is 0.239 e. The van der Waals surface area contributed by atoms with Gasteiger partial charge in [0.05, 0.1) is 5.69 Å². The Hall–Kier alpha value is -1.52. The molecular weight excluding hydrogens is 190 g/mol. The molecule has 1 aromatic rings. The number of nitrogens with zero attached hydrogens (tertiary/aromatic N) is 1. The van der Waals surface area contributed by atoms with Gasteiger partial charge in [0.2, 0.25) is 17.8 Å². The van der Waals surface area contributed by atoms with Gasteiger partial charge in [-0.25, -0.2) is 0 Å². The van der Waals surface area contributed by atoms with Crippen LogP contribution in [-0.4, -0.2) is 10.9 Å². The lowest BCUT2D eigenvalue weighted by atomic mass is 10.3. The number of nitrogens with one attached hydrogen (secondary N) is 1. The highest BCUT2D eigenvalue weighted by molar-refractivity contribution is 5.90. The summed E-state index contributed by atoms with van der Waals surface area (Å²) < 4.78 is 25.3. The molecule has 1 rings (SSSR count). The summed E-state index contributed by atoms with van der Waals surface area (Å²) in [6.07, 6.45) is 0.971. The number of hydrogen-bond acceptors (Lipinski definition) is 2. The summed E-state index contributed by atoms with van der Waals surface area (Å²) >= 11 is 0. The van der Waals surface area contributed by atoms with Crippen LogP contribution in [0.15, 0.2) is 12.1 Å². The molecule has 0 bridgehead atoms. The zero-order valence-electron chi connectivity index (χ0n) is 7.68. The van der Waals surface area contributed by atoms with Gasteiger partial charge in [0, 0.05) is 6.42 Å². The molecule has 0 aliphatic rings. The van der Waals surface area contributed by atoms with Crippen molar-refractivity contribution in [2.75, 3.05) is 5.32 Å². The largest absolute Gasteiger partial charge is 0.322 e. The van der Waals surface area contributed by atoms with Crippen molar-refractivity contribution in [3.05, 3.63) is 24.0 Å². The number of halogens is 2. The highest BCUT2D eigenvalue weighted by Crippen LogP contribution is 2.11. The van der Waals surface area contributed by atoms with Crippen molar-refractivity contribution in [3.63, 3.8) is 0 Å². The van der Waals surface area contributed by atoms with Crippen LogP contribution in [0.25, 0.3) is 0 Å². The summed E-state index contributed by atoms with van der Waals surface area (Å²) in [6, 6.07) is 2.13. The molecule has 1 heterocycles. The molecule has 1 amide bonds. The topological polar surface area (TPSA) is 42.0 Å². The fraction of sp³-hybridized carbons (Fsp3) is 0.333. The zero-order valence-corrected chi connectivity index (χ0v) is 7.68. The molecule has 1 N–H and O–H groups in total. The molecule has 0 aromatic carbocycles. The lowest BCUT2D eigenvalue weighted by Gasteiger charge is -2.04. The van der Waals surface area contributed by atoms with Crippen LogP contribution in [0.1, 0.15) is 19.8 Å². The minimum absolute atomic E-state index is 0.0927. The highest BCUT2D eigenvalue weighted by Gasteiger charge is 2.07. The summed E-state index contributed by atoms with van der Waals surface area (Å²) in [4.78, 5) is 14.0. The first-order valence-electron chi connectivity index (χ1n) is 4.25. The molecule has 0 aliphatic carbocycles. The van der Waals surface area contributed by atoms with E-state index >= 15 is 0 Å². The van der Waals surface area contributed by atoms with E-state index in [2.05, 4.69) is 10.3 Å². The first-order valence-corrected chi connectivity index (χ1v) is 4.25. The van der Waals surface area contributed by atoms with Crippen molar-refractivity contribution < 1.29 is 13.6 Å². The molecule has 0 radical (unpaired) electrons. The maximum absolute atomic E-state index is 12.9. The first kappa shape index (κ1) is 10.6. The van der Waals surface area contributed by atoms with Gasteiger partial charge in [-0.3, -0.25) is 4.79 Å². The van der Waals surface area contributed by atoms with Gasteiger partial charge in [0.1, 0.15) is 0 Å². The first-order chi connectivity index (χ1) is 6.63. The Bertz CT molecular complexity index is 342. The van der Waals surface area contributed by atoms with Gasteiger partial charge in [0.25, 0.3) is 0 Å². The van der Waals surface area contributed by atoms with E-state index in [0.717, 1.165) is 12.1 Å². The Labute approximate surface area is 80.2 Å². The van der Waals surface area contributed by atoms with Crippen LogP contribution in [0.4, 0.5) is 14.5 Å². The minimum atomic E-state index is -1.01. The van der Waals surface area contributed by atoms with E-state index in [1.807, 2.05) is 6.92 Å². The van der Waals surface area contributed by atoms with Gasteiger partial charge in [-0.15, -0.1) is 0 Å².